The number of amides is 1. The number of rotatable bonds is 11. The summed E-state index contributed by atoms with van der Waals surface area (Å²) in [5.41, 5.74) is 3.18. The summed E-state index contributed by atoms with van der Waals surface area (Å²) in [4.78, 5) is 22.5. The Bertz CT molecular complexity index is 1050. The molecule has 1 fully saturated rings. The predicted molar refractivity (Wildman–Crippen MR) is 143 cm³/mol. The molecule has 1 heterocycles. The van der Waals surface area contributed by atoms with E-state index in [1.165, 1.54) is 37.7 Å². The van der Waals surface area contributed by atoms with Crippen LogP contribution in [-0.4, -0.2) is 35.0 Å². The number of benzene rings is 2. The zero-order valence-corrected chi connectivity index (χ0v) is 20.7. The molecule has 1 saturated carbocycles. The van der Waals surface area contributed by atoms with Gasteiger partial charge in [-0.05, 0) is 43.2 Å². The van der Waals surface area contributed by atoms with E-state index in [9.17, 15) is 4.79 Å². The monoisotopic (exact) mass is 471 g/mol. The van der Waals surface area contributed by atoms with Gasteiger partial charge in [0.2, 0.25) is 11.9 Å². The second kappa shape index (κ2) is 12.9. The molecule has 0 bridgehead atoms. The molecule has 1 aromatic heterocycles. The molecule has 0 unspecified atom stereocenters. The van der Waals surface area contributed by atoms with Gasteiger partial charge in [0, 0.05) is 31.3 Å². The van der Waals surface area contributed by atoms with Crippen LogP contribution in [0.1, 0.15) is 48.9 Å². The van der Waals surface area contributed by atoms with Crippen molar-refractivity contribution in [3.05, 3.63) is 83.6 Å². The Kier molecular flexibility index (Phi) is 9.10. The second-order valence-electron chi connectivity index (χ2n) is 9.52. The van der Waals surface area contributed by atoms with E-state index in [4.69, 9.17) is 4.98 Å². The lowest BCUT2D eigenvalue weighted by Crippen LogP contribution is -2.42. The molecule has 0 saturated heterocycles. The van der Waals surface area contributed by atoms with E-state index in [1.54, 1.807) is 0 Å². The molecule has 1 aliphatic rings. The van der Waals surface area contributed by atoms with Crippen LogP contribution in [0.5, 0.6) is 0 Å². The van der Waals surface area contributed by atoms with Crippen molar-refractivity contribution in [2.24, 2.45) is 5.92 Å². The SMILES string of the molecule is Cc1cc(N[C@@H](Cc2ccccc2)C(=O)NCCc2ccccc2)nc(NCC2CCCCC2)n1. The molecule has 6 heteroatoms. The molecule has 3 N–H and O–H groups in total. The average Bonchev–Trinajstić information content (AvgIpc) is 2.89. The lowest BCUT2D eigenvalue weighted by Gasteiger charge is -2.22. The van der Waals surface area contributed by atoms with Gasteiger partial charge in [-0.2, -0.15) is 4.98 Å². The number of nitrogens with zero attached hydrogens (tertiary/aromatic N) is 2. The highest BCUT2D eigenvalue weighted by Gasteiger charge is 2.20. The summed E-state index contributed by atoms with van der Waals surface area (Å²) in [5, 5.41) is 9.94. The van der Waals surface area contributed by atoms with E-state index in [-0.39, 0.29) is 5.91 Å². The molecule has 184 valence electrons. The van der Waals surface area contributed by atoms with Crippen LogP contribution >= 0.6 is 0 Å². The van der Waals surface area contributed by atoms with Gasteiger partial charge >= 0.3 is 0 Å². The first kappa shape index (κ1) is 24.7. The third-order valence-electron chi connectivity index (χ3n) is 6.60. The molecule has 2 aromatic carbocycles. The zero-order valence-electron chi connectivity index (χ0n) is 20.7. The Morgan fingerprint density at radius 2 is 1.63 bits per heavy atom. The summed E-state index contributed by atoms with van der Waals surface area (Å²) in [5.74, 6) is 1.95. The largest absolute Gasteiger partial charge is 0.358 e. The van der Waals surface area contributed by atoms with Crippen molar-refractivity contribution in [3.8, 4) is 0 Å². The van der Waals surface area contributed by atoms with Crippen molar-refractivity contribution in [1.29, 1.82) is 0 Å². The molecule has 6 nitrogen and oxygen atoms in total. The van der Waals surface area contributed by atoms with Crippen LogP contribution in [0, 0.1) is 12.8 Å². The molecule has 1 atom stereocenters. The molecule has 4 rings (SSSR count). The van der Waals surface area contributed by atoms with Gasteiger partial charge < -0.3 is 16.0 Å². The fourth-order valence-corrected chi connectivity index (χ4v) is 4.68. The van der Waals surface area contributed by atoms with E-state index in [0.717, 1.165) is 24.2 Å². The van der Waals surface area contributed by atoms with Crippen molar-refractivity contribution in [3.63, 3.8) is 0 Å². The Hall–Kier alpha value is -3.41. The molecule has 35 heavy (non-hydrogen) atoms. The number of aromatic nitrogens is 2. The van der Waals surface area contributed by atoms with Crippen LogP contribution in [0.15, 0.2) is 66.7 Å². The number of carbonyl (C=O) groups excluding carboxylic acids is 1. The number of hydrogen-bond acceptors (Lipinski definition) is 5. The Labute approximate surface area is 209 Å². The lowest BCUT2D eigenvalue weighted by molar-refractivity contribution is -0.121. The van der Waals surface area contributed by atoms with Crippen LogP contribution < -0.4 is 16.0 Å². The first-order chi connectivity index (χ1) is 17.2. The summed E-state index contributed by atoms with van der Waals surface area (Å²) in [6.45, 7) is 3.45. The molecule has 1 aliphatic carbocycles. The van der Waals surface area contributed by atoms with Gasteiger partial charge in [0.15, 0.2) is 0 Å². The molecular weight excluding hydrogens is 434 g/mol. The van der Waals surface area contributed by atoms with Crippen molar-refractivity contribution >= 4 is 17.7 Å². The minimum Gasteiger partial charge on any atom is -0.358 e. The Morgan fingerprint density at radius 3 is 2.34 bits per heavy atom. The fourth-order valence-electron chi connectivity index (χ4n) is 4.68. The third-order valence-corrected chi connectivity index (χ3v) is 6.60. The van der Waals surface area contributed by atoms with Gasteiger partial charge in [-0.3, -0.25) is 4.79 Å². The molecule has 3 aromatic rings. The maximum absolute atomic E-state index is 13.2. The number of aryl methyl sites for hydroxylation is 1. The maximum atomic E-state index is 13.2. The van der Waals surface area contributed by atoms with Crippen LogP contribution in [0.3, 0.4) is 0 Å². The van der Waals surface area contributed by atoms with Crippen LogP contribution in [0.25, 0.3) is 0 Å². The summed E-state index contributed by atoms with van der Waals surface area (Å²) in [7, 11) is 0. The van der Waals surface area contributed by atoms with Gasteiger partial charge in [0.1, 0.15) is 11.9 Å². The topological polar surface area (TPSA) is 78.9 Å². The molecule has 0 aliphatic heterocycles. The van der Waals surface area contributed by atoms with Gasteiger partial charge in [-0.25, -0.2) is 4.98 Å². The van der Waals surface area contributed by atoms with E-state index in [2.05, 4.69) is 33.1 Å². The predicted octanol–water partition coefficient (Wildman–Crippen LogP) is 5.16. The fraction of sp³-hybridized carbons (Fsp3) is 0.414. The van der Waals surface area contributed by atoms with Gasteiger partial charge in [-0.1, -0.05) is 79.9 Å². The first-order valence-electron chi connectivity index (χ1n) is 12.9. The zero-order chi connectivity index (χ0) is 24.3. The van der Waals surface area contributed by atoms with Gasteiger partial charge in [-0.15, -0.1) is 0 Å². The maximum Gasteiger partial charge on any atom is 0.242 e. The second-order valence-corrected chi connectivity index (χ2v) is 9.52. The highest BCUT2D eigenvalue weighted by Crippen LogP contribution is 2.24. The number of nitrogens with one attached hydrogen (secondary N) is 3. The number of carbonyl (C=O) groups is 1. The molecule has 1 amide bonds. The smallest absolute Gasteiger partial charge is 0.242 e. The minimum absolute atomic E-state index is 0.0298. The van der Waals surface area contributed by atoms with Crippen LogP contribution in [0.2, 0.25) is 0 Å². The quantitative estimate of drug-likeness (QED) is 0.360. The van der Waals surface area contributed by atoms with Crippen LogP contribution in [0.4, 0.5) is 11.8 Å². The van der Waals surface area contributed by atoms with Crippen molar-refractivity contribution < 1.29 is 4.79 Å². The summed E-state index contributed by atoms with van der Waals surface area (Å²) >= 11 is 0. The van der Waals surface area contributed by atoms with Crippen molar-refractivity contribution in [1.82, 2.24) is 15.3 Å². The van der Waals surface area contributed by atoms with E-state index in [1.807, 2.05) is 61.5 Å². The normalized spacial score (nSPS) is 14.8. The van der Waals surface area contributed by atoms with Gasteiger partial charge in [0.05, 0.1) is 0 Å². The van der Waals surface area contributed by atoms with Gasteiger partial charge in [0.25, 0.3) is 0 Å². The third kappa shape index (κ3) is 8.09. The number of hydrogen-bond donors (Lipinski definition) is 3. The molecule has 0 spiro atoms. The summed E-state index contributed by atoms with van der Waals surface area (Å²) in [6.07, 6.45) is 7.89. The molecule has 0 radical (unpaired) electrons. The minimum atomic E-state index is -0.436. The average molecular weight is 472 g/mol. The Morgan fingerprint density at radius 1 is 0.943 bits per heavy atom. The van der Waals surface area contributed by atoms with Crippen molar-refractivity contribution in [2.45, 2.75) is 57.9 Å². The van der Waals surface area contributed by atoms with E-state index < -0.39 is 6.04 Å². The highest BCUT2D eigenvalue weighted by atomic mass is 16.2. The van der Waals surface area contributed by atoms with Crippen LogP contribution in [-0.2, 0) is 17.6 Å². The first-order valence-corrected chi connectivity index (χ1v) is 12.9. The summed E-state index contributed by atoms with van der Waals surface area (Å²) < 4.78 is 0. The van der Waals surface area contributed by atoms with Crippen molar-refractivity contribution in [2.75, 3.05) is 23.7 Å². The van der Waals surface area contributed by atoms with E-state index in [0.29, 0.717) is 30.6 Å². The Balaban J connectivity index is 1.41. The highest BCUT2D eigenvalue weighted by molar-refractivity contribution is 5.84. The standard InChI is InChI=1S/C29H37N5O/c1-22-19-27(34-29(32-22)31-21-25-15-9-4-10-16-25)33-26(20-24-13-7-3-8-14-24)28(35)30-18-17-23-11-5-2-6-12-23/h2-3,5-8,11-14,19,25-26H,4,9-10,15-18,20-21H2,1H3,(H,30,35)(H2,31,32,33,34)/t26-/m0/s1. The lowest BCUT2D eigenvalue weighted by atomic mass is 9.89. The molecular formula is C29H37N5O. The van der Waals surface area contributed by atoms with E-state index >= 15 is 0 Å². The summed E-state index contributed by atoms with van der Waals surface area (Å²) in [6, 6.07) is 21.8. The number of anilines is 2.